The maximum absolute atomic E-state index is 13.1. The number of rotatable bonds is 7. The van der Waals surface area contributed by atoms with Gasteiger partial charge in [-0.05, 0) is 30.7 Å². The highest BCUT2D eigenvalue weighted by atomic mass is 19.4. The maximum atomic E-state index is 13.1. The van der Waals surface area contributed by atoms with Crippen LogP contribution in [0.4, 0.5) is 17.6 Å². The number of hydrogen-bond acceptors (Lipinski definition) is 6. The SMILES string of the molecule is O=C(CCc1cnoc1-c1ccc(F)cc1)N1CCN(CCOC(=O)C(F)(F)F)CC1. The van der Waals surface area contributed by atoms with Crippen molar-refractivity contribution in [2.75, 3.05) is 39.3 Å². The van der Waals surface area contributed by atoms with Crippen molar-refractivity contribution in [1.82, 2.24) is 15.0 Å². The predicted molar refractivity (Wildman–Crippen MR) is 100 cm³/mol. The van der Waals surface area contributed by atoms with E-state index in [1.807, 2.05) is 4.90 Å². The molecule has 3 rings (SSSR count). The molecule has 0 saturated carbocycles. The lowest BCUT2D eigenvalue weighted by atomic mass is 10.0. The molecule has 0 bridgehead atoms. The summed E-state index contributed by atoms with van der Waals surface area (Å²) in [5.74, 6) is -2.13. The summed E-state index contributed by atoms with van der Waals surface area (Å²) < 4.78 is 58.9. The first kappa shape index (κ1) is 22.7. The molecule has 0 aliphatic carbocycles. The molecule has 0 spiro atoms. The monoisotopic (exact) mass is 443 g/mol. The van der Waals surface area contributed by atoms with Crippen LogP contribution in [-0.4, -0.2) is 72.3 Å². The van der Waals surface area contributed by atoms with E-state index < -0.39 is 12.1 Å². The molecule has 31 heavy (non-hydrogen) atoms. The van der Waals surface area contributed by atoms with Gasteiger partial charge in [0.05, 0.1) is 6.20 Å². The molecule has 168 valence electrons. The molecule has 1 fully saturated rings. The predicted octanol–water partition coefficient (Wildman–Crippen LogP) is 2.66. The fourth-order valence-corrected chi connectivity index (χ4v) is 3.25. The van der Waals surface area contributed by atoms with E-state index in [2.05, 4.69) is 9.89 Å². The summed E-state index contributed by atoms with van der Waals surface area (Å²) in [6.07, 6.45) is -2.82. The van der Waals surface area contributed by atoms with Gasteiger partial charge in [0.2, 0.25) is 5.91 Å². The van der Waals surface area contributed by atoms with Crippen LogP contribution in [0.3, 0.4) is 0 Å². The fraction of sp³-hybridized carbons (Fsp3) is 0.450. The van der Waals surface area contributed by atoms with E-state index in [4.69, 9.17) is 4.52 Å². The molecule has 0 N–H and O–H groups in total. The Balaban J connectivity index is 1.42. The van der Waals surface area contributed by atoms with Gasteiger partial charge in [-0.3, -0.25) is 9.69 Å². The van der Waals surface area contributed by atoms with Crippen molar-refractivity contribution in [3.63, 3.8) is 0 Å². The molecule has 1 aliphatic rings. The minimum Gasteiger partial charge on any atom is -0.458 e. The van der Waals surface area contributed by atoms with Crippen molar-refractivity contribution in [3.05, 3.63) is 41.8 Å². The number of esters is 1. The highest BCUT2D eigenvalue weighted by Crippen LogP contribution is 2.25. The lowest BCUT2D eigenvalue weighted by Crippen LogP contribution is -2.49. The van der Waals surface area contributed by atoms with Gasteiger partial charge in [0.15, 0.2) is 5.76 Å². The number of hydrogen-bond donors (Lipinski definition) is 0. The number of piperazine rings is 1. The van der Waals surface area contributed by atoms with Gasteiger partial charge in [-0.1, -0.05) is 5.16 Å². The van der Waals surface area contributed by atoms with Gasteiger partial charge < -0.3 is 14.2 Å². The third-order valence-corrected chi connectivity index (χ3v) is 4.96. The van der Waals surface area contributed by atoms with Crippen molar-refractivity contribution in [1.29, 1.82) is 0 Å². The quantitative estimate of drug-likeness (QED) is 0.484. The average molecular weight is 443 g/mol. The molecule has 7 nitrogen and oxygen atoms in total. The molecular weight excluding hydrogens is 422 g/mol. The van der Waals surface area contributed by atoms with Crippen LogP contribution in [0.1, 0.15) is 12.0 Å². The molecule has 0 atom stereocenters. The molecule has 1 aromatic heterocycles. The minimum atomic E-state index is -4.99. The Morgan fingerprint density at radius 2 is 1.77 bits per heavy atom. The minimum absolute atomic E-state index is 0.0607. The van der Waals surface area contributed by atoms with E-state index in [9.17, 15) is 27.2 Å². The van der Waals surface area contributed by atoms with Gasteiger partial charge in [0, 0.05) is 50.3 Å². The number of carbonyl (C=O) groups is 2. The fourth-order valence-electron chi connectivity index (χ4n) is 3.25. The summed E-state index contributed by atoms with van der Waals surface area (Å²) in [6.45, 7) is 1.63. The van der Waals surface area contributed by atoms with Crippen molar-refractivity contribution >= 4 is 11.9 Å². The Morgan fingerprint density at radius 1 is 1.10 bits per heavy atom. The van der Waals surface area contributed by atoms with Crippen LogP contribution in [0.15, 0.2) is 35.0 Å². The zero-order chi connectivity index (χ0) is 22.4. The number of carbonyl (C=O) groups excluding carboxylic acids is 2. The van der Waals surface area contributed by atoms with Crippen LogP contribution < -0.4 is 0 Å². The maximum Gasteiger partial charge on any atom is 0.490 e. The van der Waals surface area contributed by atoms with Gasteiger partial charge >= 0.3 is 12.1 Å². The van der Waals surface area contributed by atoms with Crippen molar-refractivity contribution in [3.8, 4) is 11.3 Å². The topological polar surface area (TPSA) is 75.9 Å². The molecule has 2 heterocycles. The number of aryl methyl sites for hydroxylation is 1. The number of benzene rings is 1. The molecule has 1 saturated heterocycles. The van der Waals surface area contributed by atoms with Gasteiger partial charge in [0.25, 0.3) is 0 Å². The van der Waals surface area contributed by atoms with Crippen LogP contribution in [0.2, 0.25) is 0 Å². The van der Waals surface area contributed by atoms with E-state index >= 15 is 0 Å². The number of aromatic nitrogens is 1. The molecular formula is C20H21F4N3O4. The highest BCUT2D eigenvalue weighted by molar-refractivity contribution is 5.77. The van der Waals surface area contributed by atoms with Crippen LogP contribution in [0, 0.1) is 5.82 Å². The van der Waals surface area contributed by atoms with Gasteiger partial charge in [-0.2, -0.15) is 13.2 Å². The van der Waals surface area contributed by atoms with E-state index in [1.165, 1.54) is 18.3 Å². The molecule has 1 amide bonds. The summed E-state index contributed by atoms with van der Waals surface area (Å²) >= 11 is 0. The second kappa shape index (κ2) is 9.90. The zero-order valence-corrected chi connectivity index (χ0v) is 16.5. The third kappa shape index (κ3) is 6.27. The number of amides is 1. The molecule has 11 heteroatoms. The first-order valence-electron chi connectivity index (χ1n) is 9.67. The molecule has 2 aromatic rings. The van der Waals surface area contributed by atoms with E-state index in [-0.39, 0.29) is 31.3 Å². The second-order valence-electron chi connectivity index (χ2n) is 7.04. The third-order valence-electron chi connectivity index (χ3n) is 4.96. The Labute approximate surface area is 175 Å². The lowest BCUT2D eigenvalue weighted by molar-refractivity contribution is -0.200. The Kier molecular flexibility index (Phi) is 7.26. The highest BCUT2D eigenvalue weighted by Gasteiger charge is 2.40. The van der Waals surface area contributed by atoms with Crippen molar-refractivity contribution in [2.24, 2.45) is 0 Å². The Morgan fingerprint density at radius 3 is 2.42 bits per heavy atom. The summed E-state index contributed by atoms with van der Waals surface area (Å²) in [5, 5.41) is 3.77. The Hall–Kier alpha value is -2.95. The molecule has 1 aliphatic heterocycles. The lowest BCUT2D eigenvalue weighted by Gasteiger charge is -2.34. The summed E-state index contributed by atoms with van der Waals surface area (Å²) in [6, 6.07) is 5.78. The molecule has 0 radical (unpaired) electrons. The van der Waals surface area contributed by atoms with Crippen LogP contribution >= 0.6 is 0 Å². The van der Waals surface area contributed by atoms with Crippen LogP contribution in [0.5, 0.6) is 0 Å². The van der Waals surface area contributed by atoms with Crippen LogP contribution in [-0.2, 0) is 20.7 Å². The van der Waals surface area contributed by atoms with Gasteiger partial charge in [0.1, 0.15) is 12.4 Å². The summed E-state index contributed by atoms with van der Waals surface area (Å²) in [4.78, 5) is 26.7. The normalized spacial score (nSPS) is 15.2. The zero-order valence-electron chi connectivity index (χ0n) is 16.5. The van der Waals surface area contributed by atoms with Crippen LogP contribution in [0.25, 0.3) is 11.3 Å². The summed E-state index contributed by atoms with van der Waals surface area (Å²) in [7, 11) is 0. The molecule has 0 unspecified atom stereocenters. The number of ether oxygens (including phenoxy) is 1. The first-order valence-corrected chi connectivity index (χ1v) is 9.67. The number of nitrogens with zero attached hydrogens (tertiary/aromatic N) is 3. The number of halogens is 4. The standard InChI is InChI=1S/C20H21F4N3O4/c21-16-4-1-14(2-5-16)18-15(13-25-31-18)3-6-17(28)27-9-7-26(8-10-27)11-12-30-19(29)20(22,23)24/h1-2,4-5,13H,3,6-12H2. The smallest absolute Gasteiger partial charge is 0.458 e. The Bertz CT molecular complexity index is 891. The second-order valence-corrected chi connectivity index (χ2v) is 7.04. The average Bonchev–Trinajstić information content (AvgIpc) is 3.21. The van der Waals surface area contributed by atoms with E-state index in [0.717, 1.165) is 5.56 Å². The first-order chi connectivity index (χ1) is 14.7. The summed E-state index contributed by atoms with van der Waals surface area (Å²) in [5.41, 5.74) is 1.41. The van der Waals surface area contributed by atoms with E-state index in [0.29, 0.717) is 43.9 Å². The molecule has 1 aromatic carbocycles. The number of alkyl halides is 3. The van der Waals surface area contributed by atoms with Crippen molar-refractivity contribution in [2.45, 2.75) is 19.0 Å². The van der Waals surface area contributed by atoms with E-state index in [1.54, 1.807) is 17.0 Å². The van der Waals surface area contributed by atoms with Crippen molar-refractivity contribution < 1.29 is 36.4 Å². The van der Waals surface area contributed by atoms with Gasteiger partial charge in [-0.25, -0.2) is 9.18 Å². The van der Waals surface area contributed by atoms with Gasteiger partial charge in [-0.15, -0.1) is 0 Å². The largest absolute Gasteiger partial charge is 0.490 e.